The summed E-state index contributed by atoms with van der Waals surface area (Å²) < 4.78 is 5.79. The first-order chi connectivity index (χ1) is 7.86. The summed E-state index contributed by atoms with van der Waals surface area (Å²) in [6.45, 7) is 0. The molecule has 1 aliphatic rings. The van der Waals surface area contributed by atoms with E-state index in [-0.39, 0.29) is 12.4 Å². The summed E-state index contributed by atoms with van der Waals surface area (Å²) in [4.78, 5) is 4.25. The molecule has 1 aliphatic carbocycles. The maximum absolute atomic E-state index is 5.85. The summed E-state index contributed by atoms with van der Waals surface area (Å²) >= 11 is 5.85. The normalized spacial score (nSPS) is 14.9. The number of alkyl halides is 1. The summed E-state index contributed by atoms with van der Waals surface area (Å²) in [5.74, 6) is 2.46. The first-order valence-electron chi connectivity index (χ1n) is 5.79. The highest BCUT2D eigenvalue weighted by Crippen LogP contribution is 2.34. The summed E-state index contributed by atoms with van der Waals surface area (Å²) in [6.07, 6.45) is 6.85. The van der Waals surface area contributed by atoms with Gasteiger partial charge in [0.2, 0.25) is 0 Å². The molecule has 2 aromatic heterocycles. The van der Waals surface area contributed by atoms with E-state index in [1.54, 1.807) is 6.20 Å². The van der Waals surface area contributed by atoms with Gasteiger partial charge < -0.3 is 4.42 Å². The van der Waals surface area contributed by atoms with Crippen molar-refractivity contribution < 1.29 is 4.42 Å². The third-order valence-corrected chi connectivity index (χ3v) is 3.45. The number of hydrogen-bond acceptors (Lipinski definition) is 2. The van der Waals surface area contributed by atoms with Gasteiger partial charge in [-0.3, -0.25) is 4.98 Å². The van der Waals surface area contributed by atoms with Crippen molar-refractivity contribution in [3.63, 3.8) is 0 Å². The SMILES string of the molecule is Cl.ClCc1nccc2oc(CCC3CC3)cc12. The summed E-state index contributed by atoms with van der Waals surface area (Å²) in [6, 6.07) is 4.01. The molecule has 92 valence electrons. The highest BCUT2D eigenvalue weighted by molar-refractivity contribution is 6.17. The maximum Gasteiger partial charge on any atom is 0.137 e. The molecule has 0 spiro atoms. The minimum atomic E-state index is 0. The van der Waals surface area contributed by atoms with Gasteiger partial charge in [0.25, 0.3) is 0 Å². The van der Waals surface area contributed by atoms with Crippen molar-refractivity contribution in [3.05, 3.63) is 29.8 Å². The Balaban J connectivity index is 0.00000108. The number of fused-ring (bicyclic) bond motifs is 1. The number of aryl methyl sites for hydroxylation is 1. The van der Waals surface area contributed by atoms with Gasteiger partial charge in [-0.25, -0.2) is 0 Å². The van der Waals surface area contributed by atoms with E-state index in [0.29, 0.717) is 5.88 Å². The van der Waals surface area contributed by atoms with Gasteiger partial charge >= 0.3 is 0 Å². The Morgan fingerprint density at radius 3 is 2.94 bits per heavy atom. The Labute approximate surface area is 112 Å². The van der Waals surface area contributed by atoms with E-state index in [2.05, 4.69) is 11.1 Å². The Morgan fingerprint density at radius 2 is 2.24 bits per heavy atom. The molecule has 0 N–H and O–H groups in total. The molecular formula is C13H15Cl2NO. The van der Waals surface area contributed by atoms with Crippen LogP contribution in [0.25, 0.3) is 11.0 Å². The quantitative estimate of drug-likeness (QED) is 0.774. The predicted octanol–water partition coefficient (Wildman–Crippen LogP) is 4.33. The number of aromatic nitrogens is 1. The monoisotopic (exact) mass is 271 g/mol. The lowest BCUT2D eigenvalue weighted by molar-refractivity contribution is 0.528. The van der Waals surface area contributed by atoms with Gasteiger partial charge in [0.15, 0.2) is 0 Å². The van der Waals surface area contributed by atoms with Crippen LogP contribution in [0, 0.1) is 5.92 Å². The van der Waals surface area contributed by atoms with E-state index in [1.165, 1.54) is 19.3 Å². The second-order valence-corrected chi connectivity index (χ2v) is 4.77. The largest absolute Gasteiger partial charge is 0.461 e. The van der Waals surface area contributed by atoms with Gasteiger partial charge in [-0.05, 0) is 24.5 Å². The first kappa shape index (κ1) is 12.7. The molecule has 17 heavy (non-hydrogen) atoms. The standard InChI is InChI=1S/C13H14ClNO.ClH/c14-8-12-11-7-10(4-3-9-1-2-9)16-13(11)5-6-15-12;/h5-7,9H,1-4,8H2;1H. The number of rotatable bonds is 4. The van der Waals surface area contributed by atoms with Gasteiger partial charge in [-0.2, -0.15) is 0 Å². The van der Waals surface area contributed by atoms with Gasteiger partial charge in [0, 0.05) is 18.0 Å². The molecule has 0 amide bonds. The molecule has 0 saturated heterocycles. The molecule has 2 aromatic rings. The molecule has 0 atom stereocenters. The Hall–Kier alpha value is -0.730. The van der Waals surface area contributed by atoms with Gasteiger partial charge in [-0.1, -0.05) is 12.8 Å². The molecule has 0 radical (unpaired) electrons. The zero-order valence-corrected chi connectivity index (χ0v) is 11.1. The van der Waals surface area contributed by atoms with Gasteiger partial charge in [-0.15, -0.1) is 24.0 Å². The molecule has 0 unspecified atom stereocenters. The zero-order chi connectivity index (χ0) is 11.0. The fraction of sp³-hybridized carbons (Fsp3) is 0.462. The van der Waals surface area contributed by atoms with E-state index in [0.717, 1.165) is 34.8 Å². The topological polar surface area (TPSA) is 26.0 Å². The van der Waals surface area contributed by atoms with Crippen LogP contribution in [0.3, 0.4) is 0 Å². The Bertz CT molecular complexity index is 505. The molecule has 2 nitrogen and oxygen atoms in total. The molecule has 0 aromatic carbocycles. The number of halogens is 2. The number of nitrogens with zero attached hydrogens (tertiary/aromatic N) is 1. The first-order valence-corrected chi connectivity index (χ1v) is 6.32. The molecule has 1 fully saturated rings. The van der Waals surface area contributed by atoms with Crippen molar-refractivity contribution in [3.8, 4) is 0 Å². The lowest BCUT2D eigenvalue weighted by Gasteiger charge is -1.93. The third-order valence-electron chi connectivity index (χ3n) is 3.20. The summed E-state index contributed by atoms with van der Waals surface area (Å²) in [5.41, 5.74) is 1.83. The average molecular weight is 272 g/mol. The van der Waals surface area contributed by atoms with Crippen LogP contribution in [-0.2, 0) is 12.3 Å². The second-order valence-electron chi connectivity index (χ2n) is 4.50. The molecule has 0 bridgehead atoms. The molecule has 2 heterocycles. The summed E-state index contributed by atoms with van der Waals surface area (Å²) in [5, 5.41) is 1.07. The zero-order valence-electron chi connectivity index (χ0n) is 9.49. The van der Waals surface area contributed by atoms with E-state index >= 15 is 0 Å². The van der Waals surface area contributed by atoms with E-state index in [1.807, 2.05) is 6.07 Å². The highest BCUT2D eigenvalue weighted by Gasteiger charge is 2.21. The van der Waals surface area contributed by atoms with Crippen LogP contribution >= 0.6 is 24.0 Å². The summed E-state index contributed by atoms with van der Waals surface area (Å²) in [7, 11) is 0. The van der Waals surface area contributed by atoms with Crippen LogP contribution in [0.15, 0.2) is 22.7 Å². The van der Waals surface area contributed by atoms with E-state index in [4.69, 9.17) is 16.0 Å². The number of pyridine rings is 1. The van der Waals surface area contributed by atoms with E-state index in [9.17, 15) is 0 Å². The van der Waals surface area contributed by atoms with Crippen LogP contribution in [0.1, 0.15) is 30.7 Å². The van der Waals surface area contributed by atoms with Crippen molar-refractivity contribution in [1.29, 1.82) is 0 Å². The second kappa shape index (κ2) is 5.28. The van der Waals surface area contributed by atoms with Gasteiger partial charge in [0.1, 0.15) is 11.3 Å². The van der Waals surface area contributed by atoms with Crippen molar-refractivity contribution in [1.82, 2.24) is 4.98 Å². The minimum absolute atomic E-state index is 0. The smallest absolute Gasteiger partial charge is 0.137 e. The number of furan rings is 1. The molecule has 0 aliphatic heterocycles. The van der Waals surface area contributed by atoms with Crippen molar-refractivity contribution in [2.75, 3.05) is 0 Å². The maximum atomic E-state index is 5.85. The molecule has 1 saturated carbocycles. The van der Waals surface area contributed by atoms with Crippen LogP contribution in [0.5, 0.6) is 0 Å². The van der Waals surface area contributed by atoms with Gasteiger partial charge in [0.05, 0.1) is 11.6 Å². The van der Waals surface area contributed by atoms with Crippen molar-refractivity contribution in [2.45, 2.75) is 31.6 Å². The van der Waals surface area contributed by atoms with Crippen LogP contribution in [0.2, 0.25) is 0 Å². The van der Waals surface area contributed by atoms with Crippen LogP contribution in [-0.4, -0.2) is 4.98 Å². The highest BCUT2D eigenvalue weighted by atomic mass is 35.5. The molecular weight excluding hydrogens is 257 g/mol. The fourth-order valence-corrected chi connectivity index (χ4v) is 2.27. The van der Waals surface area contributed by atoms with Crippen molar-refractivity contribution >= 4 is 35.0 Å². The Morgan fingerprint density at radius 1 is 1.41 bits per heavy atom. The molecule has 3 rings (SSSR count). The third kappa shape index (κ3) is 2.75. The fourth-order valence-electron chi connectivity index (χ4n) is 2.05. The van der Waals surface area contributed by atoms with E-state index < -0.39 is 0 Å². The lowest BCUT2D eigenvalue weighted by atomic mass is 10.1. The Kier molecular flexibility index (Phi) is 3.95. The predicted molar refractivity (Wildman–Crippen MR) is 71.9 cm³/mol. The molecule has 4 heteroatoms. The lowest BCUT2D eigenvalue weighted by Crippen LogP contribution is -1.84. The van der Waals surface area contributed by atoms with Crippen LogP contribution < -0.4 is 0 Å². The average Bonchev–Trinajstić information content (AvgIpc) is 3.04. The minimum Gasteiger partial charge on any atom is -0.461 e. The van der Waals surface area contributed by atoms with Crippen molar-refractivity contribution in [2.24, 2.45) is 5.92 Å². The number of hydrogen-bond donors (Lipinski definition) is 0. The van der Waals surface area contributed by atoms with Crippen LogP contribution in [0.4, 0.5) is 0 Å².